The molecule has 0 saturated heterocycles. The van der Waals surface area contributed by atoms with Gasteiger partial charge in [-0.3, -0.25) is 0 Å². The molecule has 0 aromatic heterocycles. The van der Waals surface area contributed by atoms with Gasteiger partial charge in [-0.1, -0.05) is 12.8 Å². The normalized spacial score (nSPS) is 26.6. The van der Waals surface area contributed by atoms with E-state index in [-0.39, 0.29) is 12.1 Å². The molecule has 6 nitrogen and oxygen atoms in total. The number of amides is 4. The summed E-state index contributed by atoms with van der Waals surface area (Å²) in [4.78, 5) is 21.3. The average molecular weight is 200 g/mol. The minimum Gasteiger partial charge on any atom is -0.352 e. The first kappa shape index (κ1) is 10.6. The highest BCUT2D eigenvalue weighted by Gasteiger charge is 2.26. The molecule has 0 aromatic rings. The van der Waals surface area contributed by atoms with Crippen LogP contribution < -0.4 is 22.1 Å². The zero-order valence-corrected chi connectivity index (χ0v) is 7.95. The Balaban J connectivity index is 2.49. The van der Waals surface area contributed by atoms with E-state index in [2.05, 4.69) is 10.6 Å². The number of nitrogens with one attached hydrogen (secondary N) is 2. The van der Waals surface area contributed by atoms with Crippen LogP contribution in [0.1, 0.15) is 25.7 Å². The summed E-state index contributed by atoms with van der Waals surface area (Å²) in [5.41, 5.74) is 10.0. The molecule has 0 aliphatic heterocycles. The number of nitrogens with two attached hydrogens (primary N) is 2. The SMILES string of the molecule is NC(=O)NC1CCCCC1NC(N)=O. The van der Waals surface area contributed by atoms with Gasteiger partial charge in [0, 0.05) is 0 Å². The fraction of sp³-hybridized carbons (Fsp3) is 0.750. The van der Waals surface area contributed by atoms with Gasteiger partial charge in [-0.2, -0.15) is 0 Å². The summed E-state index contributed by atoms with van der Waals surface area (Å²) in [5.74, 6) is 0. The Labute approximate surface area is 82.4 Å². The van der Waals surface area contributed by atoms with Gasteiger partial charge in [0.2, 0.25) is 0 Å². The molecule has 0 bridgehead atoms. The molecule has 2 atom stereocenters. The monoisotopic (exact) mass is 200 g/mol. The lowest BCUT2D eigenvalue weighted by molar-refractivity contribution is 0.222. The molecule has 0 spiro atoms. The Morgan fingerprint density at radius 2 is 1.29 bits per heavy atom. The number of hydrogen-bond donors (Lipinski definition) is 4. The topological polar surface area (TPSA) is 110 Å². The summed E-state index contributed by atoms with van der Waals surface area (Å²) in [7, 11) is 0. The first-order valence-corrected chi connectivity index (χ1v) is 4.71. The Morgan fingerprint density at radius 3 is 1.57 bits per heavy atom. The van der Waals surface area contributed by atoms with Crippen molar-refractivity contribution >= 4 is 12.1 Å². The third-order valence-corrected chi connectivity index (χ3v) is 2.42. The van der Waals surface area contributed by atoms with E-state index in [4.69, 9.17) is 11.5 Å². The predicted octanol–water partition coefficient (Wildman–Crippen LogP) is -0.366. The van der Waals surface area contributed by atoms with Crippen molar-refractivity contribution in [1.82, 2.24) is 10.6 Å². The van der Waals surface area contributed by atoms with Crippen molar-refractivity contribution in [2.75, 3.05) is 0 Å². The summed E-state index contributed by atoms with van der Waals surface area (Å²) in [6.07, 6.45) is 3.71. The van der Waals surface area contributed by atoms with Crippen LogP contribution in [0.2, 0.25) is 0 Å². The maximum atomic E-state index is 10.7. The molecule has 6 N–H and O–H groups in total. The van der Waals surface area contributed by atoms with Gasteiger partial charge in [0.15, 0.2) is 0 Å². The van der Waals surface area contributed by atoms with Crippen molar-refractivity contribution < 1.29 is 9.59 Å². The van der Waals surface area contributed by atoms with E-state index in [1.807, 2.05) is 0 Å². The third kappa shape index (κ3) is 3.12. The fourth-order valence-electron chi connectivity index (χ4n) is 1.84. The number of urea groups is 2. The molecule has 0 aromatic carbocycles. The molecule has 1 fully saturated rings. The van der Waals surface area contributed by atoms with Crippen LogP contribution in [0.25, 0.3) is 0 Å². The van der Waals surface area contributed by atoms with E-state index in [1.54, 1.807) is 0 Å². The quantitative estimate of drug-likeness (QED) is 0.488. The largest absolute Gasteiger partial charge is 0.352 e. The number of carbonyl (C=O) groups excluding carboxylic acids is 2. The molecule has 1 aliphatic rings. The molecular formula is C8H16N4O2. The first-order valence-electron chi connectivity index (χ1n) is 4.71. The van der Waals surface area contributed by atoms with Gasteiger partial charge in [-0.15, -0.1) is 0 Å². The molecule has 6 heteroatoms. The summed E-state index contributed by atoms with van der Waals surface area (Å²) in [6, 6.07) is -1.30. The first-order chi connectivity index (χ1) is 6.59. The molecule has 1 saturated carbocycles. The zero-order valence-electron chi connectivity index (χ0n) is 7.95. The van der Waals surface area contributed by atoms with Gasteiger partial charge in [-0.25, -0.2) is 9.59 Å². The van der Waals surface area contributed by atoms with Crippen molar-refractivity contribution in [1.29, 1.82) is 0 Å². The highest BCUT2D eigenvalue weighted by Crippen LogP contribution is 2.18. The van der Waals surface area contributed by atoms with Gasteiger partial charge < -0.3 is 22.1 Å². The lowest BCUT2D eigenvalue weighted by atomic mass is 9.90. The lowest BCUT2D eigenvalue weighted by Gasteiger charge is -2.31. The average Bonchev–Trinajstić information content (AvgIpc) is 2.06. The van der Waals surface area contributed by atoms with Gasteiger partial charge in [-0.05, 0) is 12.8 Å². The Bertz CT molecular complexity index is 207. The summed E-state index contributed by atoms with van der Waals surface area (Å²) in [6.45, 7) is 0. The molecular weight excluding hydrogens is 184 g/mol. The predicted molar refractivity (Wildman–Crippen MR) is 51.5 cm³/mol. The minimum absolute atomic E-state index is 0.0891. The number of primary amides is 2. The molecule has 0 radical (unpaired) electrons. The maximum absolute atomic E-state index is 10.7. The highest BCUT2D eigenvalue weighted by molar-refractivity contribution is 5.73. The van der Waals surface area contributed by atoms with Crippen LogP contribution in [0, 0.1) is 0 Å². The maximum Gasteiger partial charge on any atom is 0.312 e. The summed E-state index contributed by atoms with van der Waals surface area (Å²) >= 11 is 0. The van der Waals surface area contributed by atoms with Gasteiger partial charge in [0.25, 0.3) is 0 Å². The minimum atomic E-state index is -0.562. The van der Waals surface area contributed by atoms with Gasteiger partial charge in [0.1, 0.15) is 0 Å². The molecule has 4 amide bonds. The highest BCUT2D eigenvalue weighted by atomic mass is 16.2. The van der Waals surface area contributed by atoms with E-state index in [0.717, 1.165) is 25.7 Å². The van der Waals surface area contributed by atoms with Crippen LogP contribution >= 0.6 is 0 Å². The second kappa shape index (κ2) is 4.69. The van der Waals surface area contributed by atoms with E-state index in [9.17, 15) is 9.59 Å². The molecule has 2 unspecified atom stereocenters. The van der Waals surface area contributed by atoms with E-state index in [0.29, 0.717) is 0 Å². The van der Waals surface area contributed by atoms with E-state index in [1.165, 1.54) is 0 Å². The molecule has 80 valence electrons. The Hall–Kier alpha value is -1.46. The molecule has 14 heavy (non-hydrogen) atoms. The van der Waals surface area contributed by atoms with Crippen molar-refractivity contribution in [2.24, 2.45) is 11.5 Å². The third-order valence-electron chi connectivity index (χ3n) is 2.42. The van der Waals surface area contributed by atoms with Crippen LogP contribution in [0.3, 0.4) is 0 Å². The zero-order chi connectivity index (χ0) is 10.6. The van der Waals surface area contributed by atoms with Gasteiger partial charge >= 0.3 is 12.1 Å². The second-order valence-corrected chi connectivity index (χ2v) is 3.51. The Kier molecular flexibility index (Phi) is 3.55. The summed E-state index contributed by atoms with van der Waals surface area (Å²) < 4.78 is 0. The van der Waals surface area contributed by atoms with E-state index >= 15 is 0 Å². The van der Waals surface area contributed by atoms with Crippen molar-refractivity contribution in [3.8, 4) is 0 Å². The van der Waals surface area contributed by atoms with Crippen LogP contribution in [0.15, 0.2) is 0 Å². The van der Waals surface area contributed by atoms with Crippen LogP contribution in [0.5, 0.6) is 0 Å². The molecule has 0 heterocycles. The van der Waals surface area contributed by atoms with Crippen molar-refractivity contribution in [3.63, 3.8) is 0 Å². The lowest BCUT2D eigenvalue weighted by Crippen LogP contribution is -2.55. The Morgan fingerprint density at radius 1 is 0.929 bits per heavy atom. The van der Waals surface area contributed by atoms with Crippen LogP contribution in [0.4, 0.5) is 9.59 Å². The van der Waals surface area contributed by atoms with Crippen molar-refractivity contribution in [2.45, 2.75) is 37.8 Å². The number of carbonyl (C=O) groups is 2. The summed E-state index contributed by atoms with van der Waals surface area (Å²) in [5, 5.41) is 5.21. The van der Waals surface area contributed by atoms with Gasteiger partial charge in [0.05, 0.1) is 12.1 Å². The van der Waals surface area contributed by atoms with Crippen LogP contribution in [-0.4, -0.2) is 24.1 Å². The second-order valence-electron chi connectivity index (χ2n) is 3.51. The number of hydrogen-bond acceptors (Lipinski definition) is 2. The molecule has 1 aliphatic carbocycles. The molecule has 1 rings (SSSR count). The van der Waals surface area contributed by atoms with Crippen molar-refractivity contribution in [3.05, 3.63) is 0 Å². The van der Waals surface area contributed by atoms with Crippen LogP contribution in [-0.2, 0) is 0 Å². The standard InChI is InChI=1S/C8H16N4O2/c9-7(13)11-5-3-1-2-4-6(5)12-8(10)14/h5-6H,1-4H2,(H3,9,11,13)(H3,10,12,14). The smallest absolute Gasteiger partial charge is 0.312 e. The van der Waals surface area contributed by atoms with E-state index < -0.39 is 12.1 Å². The fourth-order valence-corrected chi connectivity index (χ4v) is 1.84. The number of rotatable bonds is 2.